The maximum atomic E-state index is 14.8. The minimum absolute atomic E-state index is 0.0165. The van der Waals surface area contributed by atoms with Crippen molar-refractivity contribution in [2.24, 2.45) is 17.8 Å². The largest absolute Gasteiger partial charge is 0.206 e. The molecular formula is C33H48F4. The third-order valence-electron chi connectivity index (χ3n) is 7.79. The molecule has 0 saturated heterocycles. The van der Waals surface area contributed by atoms with Crippen LogP contribution < -0.4 is 0 Å². The van der Waals surface area contributed by atoms with Gasteiger partial charge in [0.15, 0.2) is 17.5 Å². The van der Waals surface area contributed by atoms with E-state index >= 15 is 0 Å². The molecule has 0 nitrogen and oxygen atoms in total. The lowest BCUT2D eigenvalue weighted by Crippen LogP contribution is -2.25. The molecule has 0 aromatic heterocycles. The monoisotopic (exact) mass is 520 g/mol. The molecule has 2 aromatic carbocycles. The van der Waals surface area contributed by atoms with E-state index < -0.39 is 23.3 Å². The Labute approximate surface area is 223 Å². The molecule has 37 heavy (non-hydrogen) atoms. The molecule has 2 aliphatic rings. The van der Waals surface area contributed by atoms with E-state index in [1.165, 1.54) is 57.4 Å². The molecular weight excluding hydrogens is 472 g/mol. The van der Waals surface area contributed by atoms with Crippen molar-refractivity contribution in [3.63, 3.8) is 0 Å². The second-order valence-electron chi connectivity index (χ2n) is 9.67. The van der Waals surface area contributed by atoms with Crippen LogP contribution in [0.3, 0.4) is 0 Å². The topological polar surface area (TPSA) is 0 Å². The summed E-state index contributed by atoms with van der Waals surface area (Å²) in [4.78, 5) is 0. The fourth-order valence-electron chi connectivity index (χ4n) is 6.01. The highest BCUT2D eigenvalue weighted by Crippen LogP contribution is 2.44. The molecule has 0 radical (unpaired) electrons. The lowest BCUT2D eigenvalue weighted by molar-refractivity contribution is 0.156. The van der Waals surface area contributed by atoms with Crippen molar-refractivity contribution in [2.75, 3.05) is 0 Å². The van der Waals surface area contributed by atoms with E-state index in [-0.39, 0.29) is 11.1 Å². The van der Waals surface area contributed by atoms with Crippen molar-refractivity contribution in [2.45, 2.75) is 105 Å². The van der Waals surface area contributed by atoms with Crippen LogP contribution >= 0.6 is 0 Å². The quantitative estimate of drug-likeness (QED) is 0.209. The van der Waals surface area contributed by atoms with E-state index in [2.05, 4.69) is 20.1 Å². The van der Waals surface area contributed by atoms with Crippen molar-refractivity contribution in [3.05, 3.63) is 72.3 Å². The van der Waals surface area contributed by atoms with Crippen LogP contribution in [0.4, 0.5) is 17.6 Å². The molecule has 0 aliphatic heterocycles. The predicted molar refractivity (Wildman–Crippen MR) is 151 cm³/mol. The SMILES string of the molecule is C=C.CC.CC.CCCC1CCC(C2CCC(c3ccc(-c4cc(F)c(F)c(F)c4)c(F)c3)CC2)CC1. The molecule has 4 heteroatoms. The number of hydrogen-bond acceptors (Lipinski definition) is 0. The first-order valence-electron chi connectivity index (χ1n) is 14.4. The minimum Gasteiger partial charge on any atom is -0.206 e. The first kappa shape index (κ1) is 32.9. The maximum absolute atomic E-state index is 14.8. The molecule has 0 spiro atoms. The van der Waals surface area contributed by atoms with Crippen LogP contribution in [0.5, 0.6) is 0 Å². The Balaban J connectivity index is 0.00000106. The van der Waals surface area contributed by atoms with E-state index in [9.17, 15) is 17.6 Å². The highest BCUT2D eigenvalue weighted by atomic mass is 19.2. The molecule has 0 bridgehead atoms. The third kappa shape index (κ3) is 9.00. The van der Waals surface area contributed by atoms with Gasteiger partial charge in [-0.1, -0.05) is 72.4 Å². The predicted octanol–water partition coefficient (Wildman–Crippen LogP) is 11.6. The average molecular weight is 521 g/mol. The number of rotatable bonds is 5. The van der Waals surface area contributed by atoms with Crippen LogP contribution in [0.1, 0.15) is 110 Å². The molecule has 4 rings (SSSR count). The van der Waals surface area contributed by atoms with Gasteiger partial charge in [-0.25, -0.2) is 17.6 Å². The van der Waals surface area contributed by atoms with Gasteiger partial charge in [0.05, 0.1) is 0 Å². The van der Waals surface area contributed by atoms with Crippen molar-refractivity contribution in [1.29, 1.82) is 0 Å². The molecule has 2 fully saturated rings. The Morgan fingerprint density at radius 1 is 0.676 bits per heavy atom. The van der Waals surface area contributed by atoms with Gasteiger partial charge in [0.25, 0.3) is 0 Å². The van der Waals surface area contributed by atoms with Crippen LogP contribution in [0.15, 0.2) is 43.5 Å². The van der Waals surface area contributed by atoms with Gasteiger partial charge in [0.2, 0.25) is 0 Å². The Kier molecular flexibility index (Phi) is 15.5. The van der Waals surface area contributed by atoms with Gasteiger partial charge in [-0.2, -0.15) is 0 Å². The minimum atomic E-state index is -1.53. The molecule has 0 heterocycles. The highest BCUT2D eigenvalue weighted by Gasteiger charge is 2.31. The summed E-state index contributed by atoms with van der Waals surface area (Å²) < 4.78 is 55.1. The molecule has 2 aliphatic carbocycles. The van der Waals surface area contributed by atoms with E-state index in [0.717, 1.165) is 48.3 Å². The third-order valence-corrected chi connectivity index (χ3v) is 7.79. The van der Waals surface area contributed by atoms with Gasteiger partial charge < -0.3 is 0 Å². The first-order chi connectivity index (χ1) is 18.0. The summed E-state index contributed by atoms with van der Waals surface area (Å²) in [6, 6.07) is 6.61. The number of halogens is 4. The zero-order chi connectivity index (χ0) is 28.0. The summed E-state index contributed by atoms with van der Waals surface area (Å²) in [6.45, 7) is 16.3. The van der Waals surface area contributed by atoms with Gasteiger partial charge in [-0.15, -0.1) is 13.2 Å². The summed E-state index contributed by atoms with van der Waals surface area (Å²) in [5.74, 6) is -1.73. The Bertz CT molecular complexity index is 884. The van der Waals surface area contributed by atoms with Gasteiger partial charge in [-0.05, 0) is 91.5 Å². The summed E-state index contributed by atoms with van der Waals surface area (Å²) in [5, 5.41) is 0. The standard InChI is InChI=1S/C27H32F4.2C2H6.C2H4/c1-2-3-17-4-6-18(7-5-17)19-8-10-20(11-9-19)21-12-13-23(24(28)14-21)22-15-25(29)27(31)26(30)16-22;3*1-2/h12-20H,2-11H2,1H3;2*1-2H3;1-2H2. The summed E-state index contributed by atoms with van der Waals surface area (Å²) >= 11 is 0. The second kappa shape index (κ2) is 17.4. The van der Waals surface area contributed by atoms with E-state index in [1.807, 2.05) is 33.8 Å². The Morgan fingerprint density at radius 2 is 1.16 bits per heavy atom. The molecule has 2 saturated carbocycles. The van der Waals surface area contributed by atoms with Crippen molar-refractivity contribution in [1.82, 2.24) is 0 Å². The molecule has 0 N–H and O–H groups in total. The van der Waals surface area contributed by atoms with Crippen molar-refractivity contribution in [3.8, 4) is 11.1 Å². The molecule has 0 unspecified atom stereocenters. The maximum Gasteiger partial charge on any atom is 0.194 e. The van der Waals surface area contributed by atoms with E-state index in [1.54, 1.807) is 6.07 Å². The fourth-order valence-corrected chi connectivity index (χ4v) is 6.01. The highest BCUT2D eigenvalue weighted by molar-refractivity contribution is 5.65. The molecule has 0 atom stereocenters. The van der Waals surface area contributed by atoms with Crippen LogP contribution in [-0.2, 0) is 0 Å². The zero-order valence-electron chi connectivity index (χ0n) is 23.7. The Hall–Kier alpha value is -2.10. The van der Waals surface area contributed by atoms with Crippen LogP contribution in [-0.4, -0.2) is 0 Å². The lowest BCUT2D eigenvalue weighted by atomic mass is 9.68. The van der Waals surface area contributed by atoms with Gasteiger partial charge in [0.1, 0.15) is 5.82 Å². The number of hydrogen-bond donors (Lipinski definition) is 0. The Morgan fingerprint density at radius 3 is 1.62 bits per heavy atom. The number of benzene rings is 2. The summed E-state index contributed by atoms with van der Waals surface area (Å²) in [7, 11) is 0. The fraction of sp³-hybridized carbons (Fsp3) is 0.576. The van der Waals surface area contributed by atoms with Crippen molar-refractivity contribution >= 4 is 0 Å². The van der Waals surface area contributed by atoms with Crippen molar-refractivity contribution < 1.29 is 17.6 Å². The molecule has 0 amide bonds. The molecule has 2 aromatic rings. The zero-order valence-corrected chi connectivity index (χ0v) is 23.7. The normalized spacial score (nSPS) is 22.8. The second-order valence-corrected chi connectivity index (χ2v) is 9.67. The van der Waals surface area contributed by atoms with Crippen LogP contribution in [0.25, 0.3) is 11.1 Å². The van der Waals surface area contributed by atoms with Gasteiger partial charge in [-0.3, -0.25) is 0 Å². The van der Waals surface area contributed by atoms with Gasteiger partial charge >= 0.3 is 0 Å². The summed E-state index contributed by atoms with van der Waals surface area (Å²) in [5.41, 5.74) is 1.07. The summed E-state index contributed by atoms with van der Waals surface area (Å²) in [6.07, 6.45) is 12.7. The average Bonchev–Trinajstić information content (AvgIpc) is 2.95. The van der Waals surface area contributed by atoms with Crippen LogP contribution in [0.2, 0.25) is 0 Å². The lowest BCUT2D eigenvalue weighted by Gasteiger charge is -2.38. The van der Waals surface area contributed by atoms with E-state index in [0.29, 0.717) is 5.92 Å². The first-order valence-corrected chi connectivity index (χ1v) is 14.4. The van der Waals surface area contributed by atoms with E-state index in [4.69, 9.17) is 0 Å². The molecule has 208 valence electrons. The van der Waals surface area contributed by atoms with Gasteiger partial charge in [0, 0.05) is 5.56 Å². The smallest absolute Gasteiger partial charge is 0.194 e. The van der Waals surface area contributed by atoms with Crippen LogP contribution in [0, 0.1) is 41.0 Å².